The molecule has 9 nitrogen and oxygen atoms in total. The zero-order valence-corrected chi connectivity index (χ0v) is 15.7. The molecule has 0 aromatic carbocycles. The second-order valence-electron chi connectivity index (χ2n) is 6.38. The molecule has 2 aliphatic heterocycles. The highest BCUT2D eigenvalue weighted by molar-refractivity contribution is 7.88. The Balaban J connectivity index is 0.000000450. The first kappa shape index (κ1) is 21.8. The summed E-state index contributed by atoms with van der Waals surface area (Å²) in [6.07, 6.45) is 5.02. The molecule has 2 saturated heterocycles. The number of carboxylic acid groups (broad SMARTS) is 2. The van der Waals surface area contributed by atoms with Crippen molar-refractivity contribution in [3.8, 4) is 0 Å². The van der Waals surface area contributed by atoms with Gasteiger partial charge in [-0.3, -0.25) is 4.90 Å². The van der Waals surface area contributed by atoms with Crippen molar-refractivity contribution in [3.63, 3.8) is 0 Å². The Kier molecular flexibility index (Phi) is 8.77. The topological polar surface area (TPSA) is 118 Å². The van der Waals surface area contributed by atoms with Crippen LogP contribution in [-0.2, 0) is 19.6 Å². The lowest BCUT2D eigenvalue weighted by Crippen LogP contribution is -2.54. The average molecular weight is 379 g/mol. The van der Waals surface area contributed by atoms with E-state index in [1.165, 1.54) is 45.2 Å². The third kappa shape index (κ3) is 7.68. The fourth-order valence-corrected chi connectivity index (χ4v) is 4.05. The maximum atomic E-state index is 11.5. The van der Waals surface area contributed by atoms with Crippen LogP contribution in [0.25, 0.3) is 0 Å². The van der Waals surface area contributed by atoms with Gasteiger partial charge in [0.25, 0.3) is 0 Å². The fourth-order valence-electron chi connectivity index (χ4n) is 3.22. The van der Waals surface area contributed by atoms with Gasteiger partial charge in [0.1, 0.15) is 0 Å². The van der Waals surface area contributed by atoms with Gasteiger partial charge in [-0.05, 0) is 38.9 Å². The van der Waals surface area contributed by atoms with Crippen molar-refractivity contribution in [1.29, 1.82) is 0 Å². The first-order valence-corrected chi connectivity index (χ1v) is 10.4. The minimum absolute atomic E-state index is 0.661. The molecule has 0 radical (unpaired) electrons. The third-order valence-corrected chi connectivity index (χ3v) is 5.84. The summed E-state index contributed by atoms with van der Waals surface area (Å²) >= 11 is 0. The number of piperidine rings is 1. The lowest BCUT2D eigenvalue weighted by Gasteiger charge is -2.42. The van der Waals surface area contributed by atoms with Crippen LogP contribution in [0, 0.1) is 0 Å². The number of carboxylic acids is 2. The van der Waals surface area contributed by atoms with Gasteiger partial charge in [0.15, 0.2) is 0 Å². The number of aliphatic carboxylic acids is 2. The Labute approximate surface area is 149 Å². The molecule has 10 heteroatoms. The fraction of sp³-hybridized carbons (Fsp3) is 0.867. The highest BCUT2D eigenvalue weighted by atomic mass is 32.2. The van der Waals surface area contributed by atoms with Gasteiger partial charge in [0.05, 0.1) is 6.26 Å². The molecule has 0 atom stereocenters. The van der Waals surface area contributed by atoms with Crippen LogP contribution in [0.2, 0.25) is 0 Å². The number of hydrogen-bond acceptors (Lipinski definition) is 6. The van der Waals surface area contributed by atoms with E-state index in [0.29, 0.717) is 19.1 Å². The van der Waals surface area contributed by atoms with Gasteiger partial charge in [-0.25, -0.2) is 18.0 Å². The monoisotopic (exact) mass is 379 g/mol. The molecule has 2 aliphatic rings. The molecule has 0 amide bonds. The van der Waals surface area contributed by atoms with Crippen molar-refractivity contribution in [2.75, 3.05) is 52.1 Å². The molecular weight excluding hydrogens is 350 g/mol. The number of likely N-dealkylation sites (tertiary alicyclic amines) is 1. The molecule has 0 aliphatic carbocycles. The van der Waals surface area contributed by atoms with E-state index in [9.17, 15) is 8.42 Å². The van der Waals surface area contributed by atoms with Gasteiger partial charge in [0.2, 0.25) is 10.0 Å². The van der Waals surface area contributed by atoms with E-state index in [1.807, 2.05) is 0 Å². The zero-order valence-electron chi connectivity index (χ0n) is 14.9. The number of piperazine rings is 1. The Bertz CT molecular complexity index is 525. The van der Waals surface area contributed by atoms with E-state index in [4.69, 9.17) is 19.8 Å². The van der Waals surface area contributed by atoms with Gasteiger partial charge in [-0.1, -0.05) is 6.92 Å². The summed E-state index contributed by atoms with van der Waals surface area (Å²) in [5, 5.41) is 14.8. The smallest absolute Gasteiger partial charge is 0.414 e. The average Bonchev–Trinajstić information content (AvgIpc) is 2.56. The predicted octanol–water partition coefficient (Wildman–Crippen LogP) is -0.406. The lowest BCUT2D eigenvalue weighted by atomic mass is 10.0. The first-order chi connectivity index (χ1) is 11.6. The molecule has 0 aromatic heterocycles. The number of carbonyl (C=O) groups is 2. The largest absolute Gasteiger partial charge is 0.473 e. The van der Waals surface area contributed by atoms with Crippen LogP contribution in [0.15, 0.2) is 0 Å². The van der Waals surface area contributed by atoms with E-state index in [1.54, 1.807) is 4.31 Å². The van der Waals surface area contributed by atoms with Crippen molar-refractivity contribution < 1.29 is 28.2 Å². The van der Waals surface area contributed by atoms with E-state index in [0.717, 1.165) is 13.1 Å². The summed E-state index contributed by atoms with van der Waals surface area (Å²) in [5.74, 6) is -3.65. The summed E-state index contributed by atoms with van der Waals surface area (Å²) in [5.41, 5.74) is 0. The summed E-state index contributed by atoms with van der Waals surface area (Å²) in [6, 6.07) is 0.662. The maximum absolute atomic E-state index is 11.5. The van der Waals surface area contributed by atoms with Crippen molar-refractivity contribution in [3.05, 3.63) is 0 Å². The van der Waals surface area contributed by atoms with E-state index < -0.39 is 22.0 Å². The summed E-state index contributed by atoms with van der Waals surface area (Å²) in [7, 11) is -3.00. The molecule has 2 N–H and O–H groups in total. The zero-order chi connectivity index (χ0) is 19.0. The molecular formula is C15H29N3O6S. The lowest BCUT2D eigenvalue weighted by molar-refractivity contribution is -0.159. The maximum Gasteiger partial charge on any atom is 0.414 e. The molecule has 25 heavy (non-hydrogen) atoms. The highest BCUT2D eigenvalue weighted by Gasteiger charge is 2.29. The standard InChI is InChI=1S/C13H27N3O2S.C2H2O4/c1-3-6-14-7-4-13(5-8-14)15-9-11-16(12-10-15)19(2,17)18;3-1(4)2(5)6/h13H,3-12H2,1-2H3;(H,3,4)(H,5,6). The normalized spacial score (nSPS) is 21.4. The number of nitrogens with zero attached hydrogens (tertiary/aromatic N) is 3. The predicted molar refractivity (Wildman–Crippen MR) is 93.0 cm³/mol. The van der Waals surface area contributed by atoms with Crippen LogP contribution in [-0.4, -0.2) is 103 Å². The van der Waals surface area contributed by atoms with Crippen molar-refractivity contribution in [1.82, 2.24) is 14.1 Å². The highest BCUT2D eigenvalue weighted by Crippen LogP contribution is 2.19. The Morgan fingerprint density at radius 1 is 0.960 bits per heavy atom. The molecule has 0 saturated carbocycles. The van der Waals surface area contributed by atoms with Crippen LogP contribution in [0.3, 0.4) is 0 Å². The van der Waals surface area contributed by atoms with Crippen molar-refractivity contribution in [2.24, 2.45) is 0 Å². The van der Waals surface area contributed by atoms with Gasteiger partial charge < -0.3 is 15.1 Å². The van der Waals surface area contributed by atoms with Crippen LogP contribution < -0.4 is 0 Å². The minimum atomic E-state index is -3.00. The number of rotatable bonds is 4. The van der Waals surface area contributed by atoms with E-state index >= 15 is 0 Å². The molecule has 146 valence electrons. The third-order valence-electron chi connectivity index (χ3n) is 4.54. The molecule has 2 rings (SSSR count). The molecule has 0 unspecified atom stereocenters. The quantitative estimate of drug-likeness (QED) is 0.633. The first-order valence-electron chi connectivity index (χ1n) is 8.53. The van der Waals surface area contributed by atoms with Gasteiger partial charge >= 0.3 is 11.9 Å². The second kappa shape index (κ2) is 10.0. The summed E-state index contributed by atoms with van der Waals surface area (Å²) < 4.78 is 24.6. The van der Waals surface area contributed by atoms with Crippen LogP contribution in [0.4, 0.5) is 0 Å². The van der Waals surface area contributed by atoms with Gasteiger partial charge in [0, 0.05) is 32.2 Å². The van der Waals surface area contributed by atoms with Gasteiger partial charge in [-0.15, -0.1) is 0 Å². The Hall–Kier alpha value is -1.23. The molecule has 2 fully saturated rings. The minimum Gasteiger partial charge on any atom is -0.473 e. The molecule has 2 heterocycles. The van der Waals surface area contributed by atoms with Crippen LogP contribution in [0.5, 0.6) is 0 Å². The van der Waals surface area contributed by atoms with Crippen molar-refractivity contribution >= 4 is 22.0 Å². The SMILES string of the molecule is CCCN1CCC(N2CCN(S(C)(=O)=O)CC2)CC1.O=C(O)C(=O)O. The van der Waals surface area contributed by atoms with Crippen LogP contribution in [0.1, 0.15) is 26.2 Å². The van der Waals surface area contributed by atoms with E-state index in [-0.39, 0.29) is 0 Å². The number of sulfonamides is 1. The second-order valence-corrected chi connectivity index (χ2v) is 8.36. The van der Waals surface area contributed by atoms with Crippen LogP contribution >= 0.6 is 0 Å². The van der Waals surface area contributed by atoms with Gasteiger partial charge in [-0.2, -0.15) is 4.31 Å². The summed E-state index contributed by atoms with van der Waals surface area (Å²) in [4.78, 5) is 23.2. The Morgan fingerprint density at radius 2 is 1.44 bits per heavy atom. The number of hydrogen-bond donors (Lipinski definition) is 2. The molecule has 0 spiro atoms. The van der Waals surface area contributed by atoms with E-state index in [2.05, 4.69) is 16.7 Å². The molecule has 0 bridgehead atoms. The summed E-state index contributed by atoms with van der Waals surface area (Å²) in [6.45, 7) is 8.96. The molecule has 0 aromatic rings. The Morgan fingerprint density at radius 3 is 1.80 bits per heavy atom. The van der Waals surface area contributed by atoms with Crippen molar-refractivity contribution in [2.45, 2.75) is 32.2 Å².